The summed E-state index contributed by atoms with van der Waals surface area (Å²) in [6.07, 6.45) is 1.16. The van der Waals surface area contributed by atoms with Crippen molar-refractivity contribution >= 4 is 28.1 Å². The summed E-state index contributed by atoms with van der Waals surface area (Å²) in [6, 6.07) is 5.40. The maximum Gasteiger partial charge on any atom is 0.225 e. The molecule has 1 unspecified atom stereocenters. The van der Waals surface area contributed by atoms with Gasteiger partial charge in [0.05, 0.1) is 0 Å². The van der Waals surface area contributed by atoms with E-state index in [0.717, 1.165) is 17.7 Å². The van der Waals surface area contributed by atoms with Gasteiger partial charge in [0.1, 0.15) is 0 Å². The molecule has 18 heavy (non-hydrogen) atoms. The summed E-state index contributed by atoms with van der Waals surface area (Å²) in [6.45, 7) is 3.84. The monoisotopic (exact) mass is 268 g/mol. The van der Waals surface area contributed by atoms with Crippen LogP contribution in [0.1, 0.15) is 25.3 Å². The van der Waals surface area contributed by atoms with Crippen molar-refractivity contribution in [2.45, 2.75) is 26.7 Å². The second-order valence-electron chi connectivity index (χ2n) is 4.17. The lowest BCUT2D eigenvalue weighted by atomic mass is 10.1. The van der Waals surface area contributed by atoms with E-state index in [0.29, 0.717) is 17.2 Å². The first-order valence-corrected chi connectivity index (χ1v) is 7.53. The first kappa shape index (κ1) is 14.7. The van der Waals surface area contributed by atoms with Crippen LogP contribution in [0.5, 0.6) is 0 Å². The van der Waals surface area contributed by atoms with Gasteiger partial charge in [0, 0.05) is 40.1 Å². The van der Waals surface area contributed by atoms with E-state index in [9.17, 15) is 9.00 Å². The molecule has 100 valence electrons. The fraction of sp³-hybridized carbons (Fsp3) is 0.462. The number of amides is 1. The summed E-state index contributed by atoms with van der Waals surface area (Å²) < 4.78 is 11.4. The lowest BCUT2D eigenvalue weighted by molar-refractivity contribution is -0.115. The van der Waals surface area contributed by atoms with Gasteiger partial charge in [-0.05, 0) is 31.0 Å². The van der Waals surface area contributed by atoms with Gasteiger partial charge in [0.2, 0.25) is 5.91 Å². The standard InChI is InChI=1S/C13H20N2O2S/c1-3-8-18(17)9-7-13(16)15-12-6-4-5-11(14)10(12)2/h4-6H,3,7-9,14H2,1-2H3,(H,15,16). The molecule has 1 amide bonds. The molecule has 1 rings (SSSR count). The van der Waals surface area contributed by atoms with Crippen molar-refractivity contribution in [1.29, 1.82) is 0 Å². The number of hydrogen-bond acceptors (Lipinski definition) is 3. The first-order valence-electron chi connectivity index (χ1n) is 6.04. The summed E-state index contributed by atoms with van der Waals surface area (Å²) >= 11 is 0. The van der Waals surface area contributed by atoms with E-state index < -0.39 is 10.8 Å². The van der Waals surface area contributed by atoms with E-state index in [1.54, 1.807) is 12.1 Å². The Labute approximate surface area is 110 Å². The Kier molecular flexibility index (Phi) is 5.85. The summed E-state index contributed by atoms with van der Waals surface area (Å²) in [5.41, 5.74) is 8.00. The van der Waals surface area contributed by atoms with Gasteiger partial charge in [0.15, 0.2) is 0 Å². The Morgan fingerprint density at radius 2 is 2.11 bits per heavy atom. The van der Waals surface area contributed by atoms with Crippen LogP contribution in [-0.4, -0.2) is 21.6 Å². The molecule has 0 bridgehead atoms. The molecule has 0 radical (unpaired) electrons. The van der Waals surface area contributed by atoms with Crippen LogP contribution in [0.15, 0.2) is 18.2 Å². The zero-order valence-corrected chi connectivity index (χ0v) is 11.7. The van der Waals surface area contributed by atoms with Crippen LogP contribution in [0.4, 0.5) is 11.4 Å². The summed E-state index contributed by atoms with van der Waals surface area (Å²) in [5.74, 6) is 0.958. The quantitative estimate of drug-likeness (QED) is 0.776. The van der Waals surface area contributed by atoms with Crippen molar-refractivity contribution in [3.05, 3.63) is 23.8 Å². The van der Waals surface area contributed by atoms with Gasteiger partial charge >= 0.3 is 0 Å². The fourth-order valence-corrected chi connectivity index (χ4v) is 2.61. The molecule has 0 heterocycles. The highest BCUT2D eigenvalue weighted by atomic mass is 32.2. The van der Waals surface area contributed by atoms with E-state index in [2.05, 4.69) is 5.32 Å². The van der Waals surface area contributed by atoms with Crippen LogP contribution < -0.4 is 11.1 Å². The van der Waals surface area contributed by atoms with Crippen molar-refractivity contribution in [2.24, 2.45) is 0 Å². The predicted octanol–water partition coefficient (Wildman–Crippen LogP) is 2.06. The number of nitrogens with two attached hydrogens (primary N) is 1. The molecule has 0 fully saturated rings. The number of benzene rings is 1. The molecule has 0 aliphatic carbocycles. The van der Waals surface area contributed by atoms with Gasteiger partial charge in [-0.1, -0.05) is 13.0 Å². The third-order valence-corrected chi connectivity index (χ3v) is 4.16. The van der Waals surface area contributed by atoms with Crippen LogP contribution in [0, 0.1) is 6.92 Å². The molecular weight excluding hydrogens is 248 g/mol. The Morgan fingerprint density at radius 1 is 1.39 bits per heavy atom. The van der Waals surface area contributed by atoms with Gasteiger partial charge in [-0.3, -0.25) is 9.00 Å². The molecule has 0 spiro atoms. The van der Waals surface area contributed by atoms with Gasteiger partial charge in [-0.2, -0.15) is 0 Å². The summed E-state index contributed by atoms with van der Waals surface area (Å²) in [5, 5.41) is 2.80. The van der Waals surface area contributed by atoms with Crippen molar-refractivity contribution < 1.29 is 9.00 Å². The molecule has 1 aromatic carbocycles. The van der Waals surface area contributed by atoms with Crippen molar-refractivity contribution in [2.75, 3.05) is 22.6 Å². The third-order valence-electron chi connectivity index (χ3n) is 2.64. The minimum absolute atomic E-state index is 0.117. The number of nitrogen functional groups attached to an aromatic ring is 1. The SMILES string of the molecule is CCCS(=O)CCC(=O)Nc1cccc(N)c1C. The van der Waals surface area contributed by atoms with Crippen molar-refractivity contribution in [1.82, 2.24) is 0 Å². The van der Waals surface area contributed by atoms with E-state index in [1.807, 2.05) is 19.9 Å². The van der Waals surface area contributed by atoms with Gasteiger partial charge in [0.25, 0.3) is 0 Å². The molecule has 3 N–H and O–H groups in total. The zero-order valence-electron chi connectivity index (χ0n) is 10.9. The maximum atomic E-state index is 11.7. The van der Waals surface area contributed by atoms with E-state index in [4.69, 9.17) is 5.73 Å². The first-order chi connectivity index (χ1) is 8.54. The third kappa shape index (κ3) is 4.49. The Balaban J connectivity index is 2.50. The van der Waals surface area contributed by atoms with Crippen LogP contribution in [-0.2, 0) is 15.6 Å². The Bertz CT molecular complexity index is 447. The second-order valence-corrected chi connectivity index (χ2v) is 5.86. The Morgan fingerprint density at radius 3 is 2.78 bits per heavy atom. The minimum Gasteiger partial charge on any atom is -0.398 e. The molecule has 0 aliphatic rings. The van der Waals surface area contributed by atoms with Crippen molar-refractivity contribution in [3.63, 3.8) is 0 Å². The lowest BCUT2D eigenvalue weighted by Crippen LogP contribution is -2.16. The number of carbonyl (C=O) groups excluding carboxylic acids is 1. The average molecular weight is 268 g/mol. The molecule has 0 saturated heterocycles. The van der Waals surface area contributed by atoms with Crippen LogP contribution in [0.3, 0.4) is 0 Å². The van der Waals surface area contributed by atoms with Crippen molar-refractivity contribution in [3.8, 4) is 0 Å². The van der Waals surface area contributed by atoms with Crippen LogP contribution in [0.25, 0.3) is 0 Å². The largest absolute Gasteiger partial charge is 0.398 e. The molecule has 0 saturated carbocycles. The predicted molar refractivity (Wildman–Crippen MR) is 77.0 cm³/mol. The highest BCUT2D eigenvalue weighted by Crippen LogP contribution is 2.20. The fourth-order valence-electron chi connectivity index (χ4n) is 1.54. The van der Waals surface area contributed by atoms with Crippen LogP contribution >= 0.6 is 0 Å². The highest BCUT2D eigenvalue weighted by molar-refractivity contribution is 7.84. The summed E-state index contributed by atoms with van der Waals surface area (Å²) in [7, 11) is -0.894. The molecule has 4 nitrogen and oxygen atoms in total. The minimum atomic E-state index is -0.894. The van der Waals surface area contributed by atoms with E-state index in [-0.39, 0.29) is 12.3 Å². The topological polar surface area (TPSA) is 72.2 Å². The number of hydrogen-bond donors (Lipinski definition) is 2. The van der Waals surface area contributed by atoms with Crippen LogP contribution in [0.2, 0.25) is 0 Å². The number of anilines is 2. The zero-order chi connectivity index (χ0) is 13.5. The number of nitrogens with one attached hydrogen (secondary N) is 1. The molecule has 0 aromatic heterocycles. The Hall–Kier alpha value is -1.36. The second kappa shape index (κ2) is 7.16. The average Bonchev–Trinajstić information content (AvgIpc) is 2.33. The number of rotatable bonds is 6. The smallest absolute Gasteiger partial charge is 0.225 e. The molecule has 0 aliphatic heterocycles. The van der Waals surface area contributed by atoms with E-state index in [1.165, 1.54) is 0 Å². The van der Waals surface area contributed by atoms with E-state index >= 15 is 0 Å². The lowest BCUT2D eigenvalue weighted by Gasteiger charge is -2.09. The molecule has 5 heteroatoms. The number of carbonyl (C=O) groups is 1. The van der Waals surface area contributed by atoms with Gasteiger partial charge < -0.3 is 11.1 Å². The normalized spacial score (nSPS) is 12.1. The maximum absolute atomic E-state index is 11.7. The molecule has 1 aromatic rings. The molecule has 1 atom stereocenters. The van der Waals surface area contributed by atoms with Gasteiger partial charge in [-0.25, -0.2) is 0 Å². The van der Waals surface area contributed by atoms with Gasteiger partial charge in [-0.15, -0.1) is 0 Å². The molecular formula is C13H20N2O2S. The highest BCUT2D eigenvalue weighted by Gasteiger charge is 2.08. The summed E-state index contributed by atoms with van der Waals surface area (Å²) in [4.78, 5) is 11.7.